The molecule has 2 heterocycles. The van der Waals surface area contributed by atoms with Gasteiger partial charge in [0, 0.05) is 30.0 Å². The number of benzene rings is 1. The van der Waals surface area contributed by atoms with Crippen molar-refractivity contribution in [3.8, 4) is 10.6 Å². The first-order chi connectivity index (χ1) is 13.0. The lowest BCUT2D eigenvalue weighted by molar-refractivity contribution is -0.182. The number of nitrogens with one attached hydrogen (secondary N) is 1. The van der Waals surface area contributed by atoms with Crippen LogP contribution in [0.4, 0.5) is 0 Å². The van der Waals surface area contributed by atoms with Crippen molar-refractivity contribution in [2.75, 3.05) is 19.8 Å². The number of nitrogens with zero attached hydrogens (tertiary/aromatic N) is 1. The van der Waals surface area contributed by atoms with Crippen molar-refractivity contribution < 1.29 is 14.3 Å². The van der Waals surface area contributed by atoms with E-state index in [-0.39, 0.29) is 11.7 Å². The Bertz CT molecular complexity index is 822. The maximum atomic E-state index is 12.7. The Kier molecular flexibility index (Phi) is 5.50. The fourth-order valence-corrected chi connectivity index (χ4v) is 4.95. The van der Waals surface area contributed by atoms with E-state index < -0.39 is 0 Å². The van der Waals surface area contributed by atoms with Crippen LogP contribution in [0.1, 0.15) is 41.0 Å². The van der Waals surface area contributed by atoms with Gasteiger partial charge in [-0.2, -0.15) is 0 Å². The number of ether oxygens (including phenoxy) is 2. The van der Waals surface area contributed by atoms with Gasteiger partial charge in [0.15, 0.2) is 5.79 Å². The average Bonchev–Trinajstić information content (AvgIpc) is 3.28. The molecule has 5 nitrogen and oxygen atoms in total. The Morgan fingerprint density at radius 3 is 2.78 bits per heavy atom. The quantitative estimate of drug-likeness (QED) is 0.815. The number of halogens is 1. The van der Waals surface area contributed by atoms with Gasteiger partial charge in [-0.1, -0.05) is 23.7 Å². The van der Waals surface area contributed by atoms with Gasteiger partial charge in [0.25, 0.3) is 5.91 Å². The molecule has 2 fully saturated rings. The number of amides is 1. The van der Waals surface area contributed by atoms with E-state index in [1.54, 1.807) is 0 Å². The number of carbonyl (C=O) groups is 1. The summed E-state index contributed by atoms with van der Waals surface area (Å²) in [5, 5.41) is 4.57. The van der Waals surface area contributed by atoms with Gasteiger partial charge in [-0.25, -0.2) is 4.98 Å². The highest BCUT2D eigenvalue weighted by Crippen LogP contribution is 2.38. The molecule has 0 atom stereocenters. The van der Waals surface area contributed by atoms with Gasteiger partial charge in [0.2, 0.25) is 0 Å². The summed E-state index contributed by atoms with van der Waals surface area (Å²) >= 11 is 7.47. The number of hydrogen-bond donors (Lipinski definition) is 1. The summed E-state index contributed by atoms with van der Waals surface area (Å²) in [5.74, 6) is 0.0700. The smallest absolute Gasteiger partial charge is 0.263 e. The van der Waals surface area contributed by atoms with Crippen molar-refractivity contribution in [1.82, 2.24) is 10.3 Å². The molecular formula is C20H23ClN2O3S. The molecule has 1 saturated carbocycles. The van der Waals surface area contributed by atoms with Crippen LogP contribution in [-0.4, -0.2) is 36.4 Å². The maximum absolute atomic E-state index is 12.7. The monoisotopic (exact) mass is 406 g/mol. The minimum absolute atomic E-state index is 0.0491. The molecule has 7 heteroatoms. The van der Waals surface area contributed by atoms with E-state index >= 15 is 0 Å². The molecule has 0 radical (unpaired) electrons. The van der Waals surface area contributed by atoms with Crippen LogP contribution in [0.3, 0.4) is 0 Å². The van der Waals surface area contributed by atoms with Crippen molar-refractivity contribution in [1.29, 1.82) is 0 Å². The Morgan fingerprint density at radius 1 is 1.33 bits per heavy atom. The van der Waals surface area contributed by atoms with E-state index in [1.165, 1.54) is 11.3 Å². The SMILES string of the molecule is Cc1nc(-c2cccc(Cl)c2)sc1C(=O)NCC1CCC2(CC1)OCCO2. The summed E-state index contributed by atoms with van der Waals surface area (Å²) in [5.41, 5.74) is 1.69. The molecule has 1 saturated heterocycles. The molecule has 2 aromatic rings. The topological polar surface area (TPSA) is 60.5 Å². The number of rotatable bonds is 4. The van der Waals surface area contributed by atoms with Gasteiger partial charge < -0.3 is 14.8 Å². The van der Waals surface area contributed by atoms with Crippen LogP contribution in [0.2, 0.25) is 5.02 Å². The predicted octanol–water partition coefficient (Wildman–Crippen LogP) is 4.44. The highest BCUT2D eigenvalue weighted by Gasteiger charge is 2.40. The van der Waals surface area contributed by atoms with Crippen LogP contribution < -0.4 is 5.32 Å². The minimum Gasteiger partial charge on any atom is -0.351 e. The third kappa shape index (κ3) is 4.19. The predicted molar refractivity (Wildman–Crippen MR) is 106 cm³/mol. The Balaban J connectivity index is 1.35. The molecule has 1 aliphatic carbocycles. The first-order valence-electron chi connectivity index (χ1n) is 9.34. The van der Waals surface area contributed by atoms with Crippen molar-refractivity contribution in [3.63, 3.8) is 0 Å². The molecular weight excluding hydrogens is 384 g/mol. The summed E-state index contributed by atoms with van der Waals surface area (Å²) in [6.07, 6.45) is 3.84. The Hall–Kier alpha value is -1.47. The lowest BCUT2D eigenvalue weighted by Crippen LogP contribution is -2.38. The summed E-state index contributed by atoms with van der Waals surface area (Å²) in [6, 6.07) is 7.54. The van der Waals surface area contributed by atoms with Crippen LogP contribution in [-0.2, 0) is 9.47 Å². The number of aryl methyl sites for hydroxylation is 1. The van der Waals surface area contributed by atoms with Crippen LogP contribution in [0, 0.1) is 12.8 Å². The molecule has 1 spiro atoms. The fraction of sp³-hybridized carbons (Fsp3) is 0.500. The first-order valence-corrected chi connectivity index (χ1v) is 10.5. The third-order valence-corrected chi connectivity index (χ3v) is 6.75. The van der Waals surface area contributed by atoms with Crippen molar-refractivity contribution >= 4 is 28.8 Å². The lowest BCUT2D eigenvalue weighted by atomic mass is 9.85. The standard InChI is InChI=1S/C20H23ClN2O3S/c1-13-17(27-19(23-13)15-3-2-4-16(21)11-15)18(24)22-12-14-5-7-20(8-6-14)25-9-10-26-20/h2-4,11,14H,5-10,12H2,1H3,(H,22,24). The van der Waals surface area contributed by atoms with E-state index in [9.17, 15) is 4.79 Å². The Labute approximate surface area is 168 Å². The molecule has 144 valence electrons. The van der Waals surface area contributed by atoms with Gasteiger partial charge in [-0.05, 0) is 37.8 Å². The second-order valence-corrected chi connectivity index (χ2v) is 8.64. The highest BCUT2D eigenvalue weighted by atomic mass is 35.5. The molecule has 4 rings (SSSR count). The molecule has 1 aromatic heterocycles. The number of hydrogen-bond acceptors (Lipinski definition) is 5. The van der Waals surface area contributed by atoms with Gasteiger partial charge >= 0.3 is 0 Å². The summed E-state index contributed by atoms with van der Waals surface area (Å²) in [4.78, 5) is 17.9. The Morgan fingerprint density at radius 2 is 2.07 bits per heavy atom. The largest absolute Gasteiger partial charge is 0.351 e. The summed E-state index contributed by atoms with van der Waals surface area (Å²) in [7, 11) is 0. The van der Waals surface area contributed by atoms with Crippen molar-refractivity contribution in [2.24, 2.45) is 5.92 Å². The van der Waals surface area contributed by atoms with E-state index in [0.717, 1.165) is 41.9 Å². The van der Waals surface area contributed by atoms with Crippen LogP contribution >= 0.6 is 22.9 Å². The number of thiazole rings is 1. The third-order valence-electron chi connectivity index (χ3n) is 5.31. The zero-order valence-corrected chi connectivity index (χ0v) is 16.9. The number of aromatic nitrogens is 1. The zero-order chi connectivity index (χ0) is 18.9. The molecule has 1 N–H and O–H groups in total. The summed E-state index contributed by atoms with van der Waals surface area (Å²) < 4.78 is 11.5. The van der Waals surface area contributed by atoms with E-state index in [4.69, 9.17) is 21.1 Å². The maximum Gasteiger partial charge on any atom is 0.263 e. The minimum atomic E-state index is -0.347. The van der Waals surface area contributed by atoms with Gasteiger partial charge in [0.1, 0.15) is 9.88 Å². The molecule has 2 aliphatic rings. The van der Waals surface area contributed by atoms with Crippen molar-refractivity contribution in [2.45, 2.75) is 38.4 Å². The first kappa shape index (κ1) is 18.9. The van der Waals surface area contributed by atoms with Crippen LogP contribution in [0.15, 0.2) is 24.3 Å². The van der Waals surface area contributed by atoms with Gasteiger partial charge in [0.05, 0.1) is 18.9 Å². The van der Waals surface area contributed by atoms with Crippen molar-refractivity contribution in [3.05, 3.63) is 39.9 Å². The summed E-state index contributed by atoms with van der Waals surface area (Å²) in [6.45, 7) is 3.94. The van der Waals surface area contributed by atoms with Crippen LogP contribution in [0.5, 0.6) is 0 Å². The molecule has 1 aliphatic heterocycles. The highest BCUT2D eigenvalue weighted by molar-refractivity contribution is 7.17. The fourth-order valence-electron chi connectivity index (χ4n) is 3.78. The molecule has 1 amide bonds. The lowest BCUT2D eigenvalue weighted by Gasteiger charge is -2.35. The van der Waals surface area contributed by atoms with Gasteiger partial charge in [-0.15, -0.1) is 11.3 Å². The second kappa shape index (κ2) is 7.87. The second-order valence-electron chi connectivity index (χ2n) is 7.20. The molecule has 0 bridgehead atoms. The van der Waals surface area contributed by atoms with Gasteiger partial charge in [-0.3, -0.25) is 4.79 Å². The number of carbonyl (C=O) groups excluding carboxylic acids is 1. The van der Waals surface area contributed by atoms with E-state index in [0.29, 0.717) is 35.6 Å². The van der Waals surface area contributed by atoms with Crippen LogP contribution in [0.25, 0.3) is 10.6 Å². The van der Waals surface area contributed by atoms with E-state index in [1.807, 2.05) is 31.2 Å². The average molecular weight is 407 g/mol. The molecule has 0 unspecified atom stereocenters. The molecule has 27 heavy (non-hydrogen) atoms. The van der Waals surface area contributed by atoms with E-state index in [2.05, 4.69) is 10.3 Å². The normalized spacial score (nSPS) is 19.5. The zero-order valence-electron chi connectivity index (χ0n) is 15.3. The molecule has 1 aromatic carbocycles.